The number of rotatable bonds is 7. The number of nitrogens with one attached hydrogen (secondary N) is 1. The van der Waals surface area contributed by atoms with Gasteiger partial charge in [0.2, 0.25) is 15.9 Å². The summed E-state index contributed by atoms with van der Waals surface area (Å²) in [5, 5.41) is 3.73. The molecule has 1 amide bonds. The second-order valence-electron chi connectivity index (χ2n) is 9.29. The third-order valence-electron chi connectivity index (χ3n) is 6.89. The molecule has 0 saturated carbocycles. The summed E-state index contributed by atoms with van der Waals surface area (Å²) in [5.74, 6) is -0.490. The van der Waals surface area contributed by atoms with Gasteiger partial charge >= 0.3 is 0 Å². The molecular weight excluding hydrogens is 456 g/mol. The molecule has 0 spiro atoms. The number of aryl methyl sites for hydroxylation is 2. The summed E-state index contributed by atoms with van der Waals surface area (Å²) in [6.07, 6.45) is 6.90. The quantitative estimate of drug-likeness (QED) is 0.594. The number of fused-ring (bicyclic) bond motifs is 1. The van der Waals surface area contributed by atoms with Gasteiger partial charge in [-0.15, -0.1) is 0 Å². The maximum Gasteiger partial charge on any atom is 0.224 e. The number of carbonyl (C=O) groups excluding carboxylic acids is 1. The molecule has 1 saturated heterocycles. The summed E-state index contributed by atoms with van der Waals surface area (Å²) in [7, 11) is -3.52. The Bertz CT molecular complexity index is 1100. The van der Waals surface area contributed by atoms with Crippen molar-refractivity contribution in [2.75, 3.05) is 13.1 Å². The first-order chi connectivity index (χ1) is 15.9. The van der Waals surface area contributed by atoms with E-state index in [0.717, 1.165) is 24.8 Å². The van der Waals surface area contributed by atoms with Crippen molar-refractivity contribution >= 4 is 27.5 Å². The number of amides is 1. The third kappa shape index (κ3) is 5.97. The molecule has 178 valence electrons. The van der Waals surface area contributed by atoms with Gasteiger partial charge < -0.3 is 5.32 Å². The fraction of sp³-hybridized carbons (Fsp3) is 0.500. The monoisotopic (exact) mass is 488 g/mol. The van der Waals surface area contributed by atoms with Crippen LogP contribution < -0.4 is 5.32 Å². The van der Waals surface area contributed by atoms with Gasteiger partial charge in [0.05, 0.1) is 17.7 Å². The molecular formula is C26H33ClN2O3S. The highest BCUT2D eigenvalue weighted by atomic mass is 35.5. The molecule has 2 atom stereocenters. The van der Waals surface area contributed by atoms with Crippen LogP contribution in [0.4, 0.5) is 0 Å². The van der Waals surface area contributed by atoms with E-state index < -0.39 is 10.0 Å². The second kappa shape index (κ2) is 10.6. The van der Waals surface area contributed by atoms with Crippen molar-refractivity contribution < 1.29 is 13.2 Å². The van der Waals surface area contributed by atoms with Crippen LogP contribution in [0.15, 0.2) is 42.5 Å². The standard InChI is InChI=1S/C26H33ClN2O3S/c1-2-25(22-13-12-20-8-3-4-9-21(20)16-22)28-26(30)23-10-6-14-29(17-23)33(31,32)18-19-7-5-11-24(27)15-19/h5,7,11-13,15-16,23,25H,2-4,6,8-10,14,17-18H2,1H3,(H,28,30)/t23-,25-/m1/s1. The van der Waals surface area contributed by atoms with Crippen LogP contribution in [0, 0.1) is 5.92 Å². The van der Waals surface area contributed by atoms with Crippen molar-refractivity contribution in [1.82, 2.24) is 9.62 Å². The maximum absolute atomic E-state index is 13.2. The minimum absolute atomic E-state index is 0.0526. The van der Waals surface area contributed by atoms with E-state index in [1.165, 1.54) is 28.3 Å². The lowest BCUT2D eigenvalue weighted by molar-refractivity contribution is -0.126. The summed E-state index contributed by atoms with van der Waals surface area (Å²) >= 11 is 6.01. The Kier molecular flexibility index (Phi) is 7.77. The highest BCUT2D eigenvalue weighted by molar-refractivity contribution is 7.88. The van der Waals surface area contributed by atoms with E-state index >= 15 is 0 Å². The minimum Gasteiger partial charge on any atom is -0.349 e. The smallest absolute Gasteiger partial charge is 0.224 e. The molecule has 1 N–H and O–H groups in total. The van der Waals surface area contributed by atoms with Crippen LogP contribution in [0.1, 0.15) is 67.3 Å². The van der Waals surface area contributed by atoms with E-state index in [0.29, 0.717) is 30.0 Å². The van der Waals surface area contributed by atoms with Crippen molar-refractivity contribution in [3.8, 4) is 0 Å². The predicted molar refractivity (Wildman–Crippen MR) is 133 cm³/mol. The number of nitrogens with zero attached hydrogens (tertiary/aromatic N) is 1. The highest BCUT2D eigenvalue weighted by Gasteiger charge is 2.33. The largest absolute Gasteiger partial charge is 0.349 e. The zero-order valence-electron chi connectivity index (χ0n) is 19.2. The third-order valence-corrected chi connectivity index (χ3v) is 8.94. The molecule has 0 unspecified atom stereocenters. The van der Waals surface area contributed by atoms with Crippen molar-refractivity contribution in [1.29, 1.82) is 0 Å². The van der Waals surface area contributed by atoms with Gasteiger partial charge in [0, 0.05) is 18.1 Å². The van der Waals surface area contributed by atoms with Crippen LogP contribution in [0.25, 0.3) is 0 Å². The van der Waals surface area contributed by atoms with Gasteiger partial charge in [0.1, 0.15) is 0 Å². The van der Waals surface area contributed by atoms with Crippen LogP contribution >= 0.6 is 11.6 Å². The number of carbonyl (C=O) groups is 1. The summed E-state index contributed by atoms with van der Waals surface area (Å²) in [5.41, 5.74) is 4.64. The number of sulfonamides is 1. The molecule has 0 radical (unpaired) electrons. The van der Waals surface area contributed by atoms with Crippen LogP contribution in [-0.2, 0) is 33.4 Å². The van der Waals surface area contributed by atoms with Crippen molar-refractivity contribution in [3.63, 3.8) is 0 Å². The van der Waals surface area contributed by atoms with Crippen LogP contribution in [-0.4, -0.2) is 31.7 Å². The zero-order valence-corrected chi connectivity index (χ0v) is 20.8. The Balaban J connectivity index is 1.41. The van der Waals surface area contributed by atoms with E-state index in [4.69, 9.17) is 11.6 Å². The fourth-order valence-electron chi connectivity index (χ4n) is 5.02. The average Bonchev–Trinajstić information content (AvgIpc) is 2.82. The van der Waals surface area contributed by atoms with Gasteiger partial charge in [-0.05, 0) is 79.3 Å². The first-order valence-corrected chi connectivity index (χ1v) is 14.0. The molecule has 0 bridgehead atoms. The number of halogens is 1. The highest BCUT2D eigenvalue weighted by Crippen LogP contribution is 2.28. The van der Waals surface area contributed by atoms with Gasteiger partial charge in [-0.2, -0.15) is 0 Å². The van der Waals surface area contributed by atoms with Gasteiger partial charge in [0.25, 0.3) is 0 Å². The minimum atomic E-state index is -3.52. The molecule has 2 aromatic rings. The average molecular weight is 489 g/mol. The molecule has 2 aliphatic rings. The van der Waals surface area contributed by atoms with Crippen LogP contribution in [0.3, 0.4) is 0 Å². The molecule has 4 rings (SSSR count). The second-order valence-corrected chi connectivity index (χ2v) is 11.7. The summed E-state index contributed by atoms with van der Waals surface area (Å²) in [6, 6.07) is 13.5. The predicted octanol–water partition coefficient (Wildman–Crippen LogP) is 5.03. The molecule has 0 aromatic heterocycles. The topological polar surface area (TPSA) is 66.5 Å². The SMILES string of the molecule is CC[C@@H](NC(=O)[C@@H]1CCCN(S(=O)(=O)Cc2cccc(Cl)c2)C1)c1ccc2c(c1)CCCC2. The maximum atomic E-state index is 13.2. The molecule has 2 aromatic carbocycles. The molecule has 5 nitrogen and oxygen atoms in total. The van der Waals surface area contributed by atoms with Gasteiger partial charge in [-0.25, -0.2) is 12.7 Å². The molecule has 1 heterocycles. The van der Waals surface area contributed by atoms with E-state index in [-0.39, 0.29) is 30.2 Å². The Morgan fingerprint density at radius 1 is 1.12 bits per heavy atom. The van der Waals surface area contributed by atoms with E-state index in [1.807, 2.05) is 0 Å². The molecule has 7 heteroatoms. The number of benzene rings is 2. The first kappa shape index (κ1) is 24.2. The number of hydrogen-bond donors (Lipinski definition) is 1. The molecule has 1 fully saturated rings. The number of hydrogen-bond acceptors (Lipinski definition) is 3. The lowest BCUT2D eigenvalue weighted by Crippen LogP contribution is -2.46. The van der Waals surface area contributed by atoms with Gasteiger partial charge in [-0.1, -0.05) is 48.9 Å². The van der Waals surface area contributed by atoms with E-state index in [1.54, 1.807) is 24.3 Å². The molecule has 1 aliphatic carbocycles. The lowest BCUT2D eigenvalue weighted by Gasteiger charge is -2.32. The lowest BCUT2D eigenvalue weighted by atomic mass is 9.88. The Morgan fingerprint density at radius 3 is 2.67 bits per heavy atom. The zero-order chi connectivity index (χ0) is 23.4. The van der Waals surface area contributed by atoms with Gasteiger partial charge in [-0.3, -0.25) is 4.79 Å². The number of piperidine rings is 1. The summed E-state index contributed by atoms with van der Waals surface area (Å²) in [4.78, 5) is 13.2. The normalized spacial score (nSPS) is 20.1. The fourth-order valence-corrected chi connectivity index (χ4v) is 6.83. The van der Waals surface area contributed by atoms with Crippen molar-refractivity contribution in [2.45, 2.75) is 63.7 Å². The van der Waals surface area contributed by atoms with Crippen molar-refractivity contribution in [2.24, 2.45) is 5.92 Å². The Hall–Kier alpha value is -1.89. The molecule has 33 heavy (non-hydrogen) atoms. The van der Waals surface area contributed by atoms with E-state index in [9.17, 15) is 13.2 Å². The van der Waals surface area contributed by atoms with E-state index in [2.05, 4.69) is 30.4 Å². The van der Waals surface area contributed by atoms with Crippen LogP contribution in [0.2, 0.25) is 5.02 Å². The first-order valence-electron chi connectivity index (χ1n) is 12.0. The molecule has 1 aliphatic heterocycles. The Labute approximate surface area is 202 Å². The van der Waals surface area contributed by atoms with Gasteiger partial charge in [0.15, 0.2) is 0 Å². The van der Waals surface area contributed by atoms with Crippen molar-refractivity contribution in [3.05, 3.63) is 69.7 Å². The summed E-state index contributed by atoms with van der Waals surface area (Å²) in [6.45, 7) is 2.76. The van der Waals surface area contributed by atoms with Crippen LogP contribution in [0.5, 0.6) is 0 Å². The summed E-state index contributed by atoms with van der Waals surface area (Å²) < 4.78 is 27.5. The Morgan fingerprint density at radius 2 is 1.91 bits per heavy atom.